The number of amides is 1. The summed E-state index contributed by atoms with van der Waals surface area (Å²) in [6.07, 6.45) is 1.28. The summed E-state index contributed by atoms with van der Waals surface area (Å²) in [5.41, 5.74) is -0.000595. The summed E-state index contributed by atoms with van der Waals surface area (Å²) in [5, 5.41) is 9.91. The van der Waals surface area contributed by atoms with Gasteiger partial charge in [0, 0.05) is 18.1 Å². The number of carboxylic acids is 1. The van der Waals surface area contributed by atoms with Crippen molar-refractivity contribution in [1.82, 2.24) is 4.90 Å². The first kappa shape index (κ1) is 14.9. The second-order valence-electron chi connectivity index (χ2n) is 5.27. The van der Waals surface area contributed by atoms with Gasteiger partial charge in [-0.1, -0.05) is 36.7 Å². The Hall–Kier alpha value is -1.55. The largest absolute Gasteiger partial charge is 0.481 e. The summed E-state index contributed by atoms with van der Waals surface area (Å²) in [6, 6.07) is 7.23. The minimum absolute atomic E-state index is 0.0605. The third kappa shape index (κ3) is 2.80. The van der Waals surface area contributed by atoms with E-state index in [0.29, 0.717) is 31.0 Å². The fourth-order valence-electron chi connectivity index (χ4n) is 2.62. The van der Waals surface area contributed by atoms with Crippen LogP contribution < -0.4 is 0 Å². The van der Waals surface area contributed by atoms with Crippen molar-refractivity contribution in [3.05, 3.63) is 34.9 Å². The quantitative estimate of drug-likeness (QED) is 0.929. The Balaban J connectivity index is 2.05. The highest BCUT2D eigenvalue weighted by Gasteiger charge is 2.44. The van der Waals surface area contributed by atoms with Crippen molar-refractivity contribution in [2.75, 3.05) is 13.1 Å². The van der Waals surface area contributed by atoms with Crippen LogP contribution in [0.15, 0.2) is 24.3 Å². The standard InChI is InChI=1S/C15H18ClNO3/c1-2-15(14(19)20)7-8-17(10-15)13(18)9-11-5-3-4-6-12(11)16/h3-6H,2,7-10H2,1H3,(H,19,20). The van der Waals surface area contributed by atoms with Crippen LogP contribution in [0.2, 0.25) is 5.02 Å². The van der Waals surface area contributed by atoms with E-state index in [2.05, 4.69) is 0 Å². The maximum Gasteiger partial charge on any atom is 0.311 e. The summed E-state index contributed by atoms with van der Waals surface area (Å²) in [5.74, 6) is -0.872. The average molecular weight is 296 g/mol. The van der Waals surface area contributed by atoms with Crippen molar-refractivity contribution >= 4 is 23.5 Å². The van der Waals surface area contributed by atoms with E-state index in [1.807, 2.05) is 25.1 Å². The number of carboxylic acid groups (broad SMARTS) is 1. The third-order valence-corrected chi connectivity index (χ3v) is 4.51. The van der Waals surface area contributed by atoms with Gasteiger partial charge in [0.25, 0.3) is 0 Å². The fourth-order valence-corrected chi connectivity index (χ4v) is 2.82. The third-order valence-electron chi connectivity index (χ3n) is 4.14. The van der Waals surface area contributed by atoms with Gasteiger partial charge in [-0.3, -0.25) is 9.59 Å². The predicted molar refractivity (Wildman–Crippen MR) is 76.7 cm³/mol. The van der Waals surface area contributed by atoms with Gasteiger partial charge < -0.3 is 10.0 Å². The van der Waals surface area contributed by atoms with Crippen LogP contribution >= 0.6 is 11.6 Å². The minimum atomic E-state index is -0.812. The van der Waals surface area contributed by atoms with Gasteiger partial charge in [-0.25, -0.2) is 0 Å². The number of hydrogen-bond acceptors (Lipinski definition) is 2. The summed E-state index contributed by atoms with van der Waals surface area (Å²) < 4.78 is 0. The summed E-state index contributed by atoms with van der Waals surface area (Å²) in [6.45, 7) is 2.65. The molecule has 1 unspecified atom stereocenters. The molecule has 1 heterocycles. The number of carbonyl (C=O) groups excluding carboxylic acids is 1. The second kappa shape index (κ2) is 5.83. The van der Waals surface area contributed by atoms with E-state index in [9.17, 15) is 14.7 Å². The number of benzene rings is 1. The molecule has 1 N–H and O–H groups in total. The van der Waals surface area contributed by atoms with E-state index in [1.165, 1.54) is 0 Å². The molecule has 0 bridgehead atoms. The molecule has 1 aliphatic rings. The molecular weight excluding hydrogens is 278 g/mol. The van der Waals surface area contributed by atoms with E-state index in [-0.39, 0.29) is 12.3 Å². The van der Waals surface area contributed by atoms with E-state index in [4.69, 9.17) is 11.6 Å². The Morgan fingerprint density at radius 3 is 2.65 bits per heavy atom. The summed E-state index contributed by atoms with van der Waals surface area (Å²) in [4.78, 5) is 25.3. The van der Waals surface area contributed by atoms with Crippen LogP contribution in [-0.4, -0.2) is 35.0 Å². The fraction of sp³-hybridized carbons (Fsp3) is 0.467. The first-order valence-corrected chi connectivity index (χ1v) is 7.11. The van der Waals surface area contributed by atoms with Crippen molar-refractivity contribution in [1.29, 1.82) is 0 Å². The van der Waals surface area contributed by atoms with E-state index in [0.717, 1.165) is 5.56 Å². The number of nitrogens with zero attached hydrogens (tertiary/aromatic N) is 1. The molecule has 1 aromatic rings. The van der Waals surface area contributed by atoms with Gasteiger partial charge in [-0.15, -0.1) is 0 Å². The number of rotatable bonds is 4. The molecule has 1 fully saturated rings. The van der Waals surface area contributed by atoms with Crippen molar-refractivity contribution in [3.63, 3.8) is 0 Å². The lowest BCUT2D eigenvalue weighted by Crippen LogP contribution is -2.37. The molecule has 5 heteroatoms. The van der Waals surface area contributed by atoms with E-state index < -0.39 is 11.4 Å². The Morgan fingerprint density at radius 2 is 2.10 bits per heavy atom. The number of aliphatic carboxylic acids is 1. The van der Waals surface area contributed by atoms with Crippen LogP contribution in [0, 0.1) is 5.41 Å². The van der Waals surface area contributed by atoms with E-state index >= 15 is 0 Å². The van der Waals surface area contributed by atoms with Gasteiger partial charge in [-0.05, 0) is 24.5 Å². The Morgan fingerprint density at radius 1 is 1.40 bits per heavy atom. The van der Waals surface area contributed by atoms with Crippen molar-refractivity contribution in [2.24, 2.45) is 5.41 Å². The highest BCUT2D eigenvalue weighted by atomic mass is 35.5. The van der Waals surface area contributed by atoms with Crippen molar-refractivity contribution in [2.45, 2.75) is 26.2 Å². The first-order valence-electron chi connectivity index (χ1n) is 6.73. The number of likely N-dealkylation sites (tertiary alicyclic amines) is 1. The first-order chi connectivity index (χ1) is 9.48. The van der Waals surface area contributed by atoms with Crippen LogP contribution in [0.1, 0.15) is 25.3 Å². The van der Waals surface area contributed by atoms with Gasteiger partial charge in [-0.2, -0.15) is 0 Å². The van der Waals surface area contributed by atoms with Crippen LogP contribution in [0.4, 0.5) is 0 Å². The zero-order valence-corrected chi connectivity index (χ0v) is 12.2. The molecule has 20 heavy (non-hydrogen) atoms. The van der Waals surface area contributed by atoms with Gasteiger partial charge >= 0.3 is 5.97 Å². The van der Waals surface area contributed by atoms with Gasteiger partial charge in [0.15, 0.2) is 0 Å². The Labute approximate surface area is 123 Å². The molecule has 4 nitrogen and oxygen atoms in total. The lowest BCUT2D eigenvalue weighted by Gasteiger charge is -2.23. The van der Waals surface area contributed by atoms with Gasteiger partial charge in [0.2, 0.25) is 5.91 Å². The predicted octanol–water partition coefficient (Wildman–Crippen LogP) is 2.60. The van der Waals surface area contributed by atoms with Crippen molar-refractivity contribution < 1.29 is 14.7 Å². The second-order valence-corrected chi connectivity index (χ2v) is 5.68. The lowest BCUT2D eigenvalue weighted by atomic mass is 9.84. The molecule has 1 atom stereocenters. The van der Waals surface area contributed by atoms with Crippen LogP contribution in [-0.2, 0) is 16.0 Å². The molecule has 1 amide bonds. The maximum atomic E-state index is 12.3. The Kier molecular flexibility index (Phi) is 4.33. The van der Waals surface area contributed by atoms with Crippen LogP contribution in [0.25, 0.3) is 0 Å². The molecule has 0 aliphatic carbocycles. The SMILES string of the molecule is CCC1(C(=O)O)CCN(C(=O)Cc2ccccc2Cl)C1. The zero-order chi connectivity index (χ0) is 14.8. The zero-order valence-electron chi connectivity index (χ0n) is 11.4. The number of halogens is 1. The lowest BCUT2D eigenvalue weighted by molar-refractivity contribution is -0.148. The van der Waals surface area contributed by atoms with Gasteiger partial charge in [0.05, 0.1) is 11.8 Å². The average Bonchev–Trinajstić information content (AvgIpc) is 2.87. The Bertz CT molecular complexity index is 532. The highest BCUT2D eigenvalue weighted by molar-refractivity contribution is 6.31. The minimum Gasteiger partial charge on any atom is -0.481 e. The molecule has 2 rings (SSSR count). The number of carbonyl (C=O) groups is 2. The van der Waals surface area contributed by atoms with E-state index in [1.54, 1.807) is 11.0 Å². The monoisotopic (exact) mass is 295 g/mol. The molecule has 1 saturated heterocycles. The van der Waals surface area contributed by atoms with Gasteiger partial charge in [0.1, 0.15) is 0 Å². The van der Waals surface area contributed by atoms with Crippen molar-refractivity contribution in [3.8, 4) is 0 Å². The molecule has 0 aromatic heterocycles. The summed E-state index contributed by atoms with van der Waals surface area (Å²) in [7, 11) is 0. The molecular formula is C15H18ClNO3. The molecule has 0 radical (unpaired) electrons. The molecule has 108 valence electrons. The molecule has 0 saturated carbocycles. The van der Waals surface area contributed by atoms with Crippen LogP contribution in [0.5, 0.6) is 0 Å². The van der Waals surface area contributed by atoms with Crippen LogP contribution in [0.3, 0.4) is 0 Å². The smallest absolute Gasteiger partial charge is 0.311 e. The highest BCUT2D eigenvalue weighted by Crippen LogP contribution is 2.34. The normalized spacial score (nSPS) is 22.0. The summed E-state index contributed by atoms with van der Waals surface area (Å²) >= 11 is 6.04. The topological polar surface area (TPSA) is 57.6 Å². The maximum absolute atomic E-state index is 12.3. The number of hydrogen-bond donors (Lipinski definition) is 1. The molecule has 0 spiro atoms. The molecule has 1 aliphatic heterocycles. The molecule has 1 aromatic carbocycles.